The van der Waals surface area contributed by atoms with Crippen LogP contribution in [-0.4, -0.2) is 22.3 Å². The fourth-order valence-corrected chi connectivity index (χ4v) is 2.11. The number of carbonyl (C=O) groups excluding carboxylic acids is 2. The molecule has 18 heavy (non-hydrogen) atoms. The normalized spacial score (nSPS) is 10.6. The maximum atomic E-state index is 11.4. The van der Waals surface area contributed by atoms with Crippen molar-refractivity contribution in [3.05, 3.63) is 28.2 Å². The van der Waals surface area contributed by atoms with E-state index in [0.717, 1.165) is 0 Å². The summed E-state index contributed by atoms with van der Waals surface area (Å²) in [6, 6.07) is 4.85. The number of hydrazine groups is 1. The summed E-state index contributed by atoms with van der Waals surface area (Å²) in [5.41, 5.74) is 5.54. The summed E-state index contributed by atoms with van der Waals surface area (Å²) >= 11 is 3.24. The summed E-state index contributed by atoms with van der Waals surface area (Å²) in [5, 5.41) is 10.9. The number of hydrogen-bond acceptors (Lipinski definition) is 4. The summed E-state index contributed by atoms with van der Waals surface area (Å²) in [5.74, 6) is 4.44. The first kappa shape index (κ1) is 12.4. The van der Waals surface area contributed by atoms with E-state index in [1.54, 1.807) is 18.2 Å². The van der Waals surface area contributed by atoms with Gasteiger partial charge in [0.1, 0.15) is 0 Å². The van der Waals surface area contributed by atoms with Gasteiger partial charge in [-0.05, 0) is 12.1 Å². The van der Waals surface area contributed by atoms with Crippen molar-refractivity contribution in [2.24, 2.45) is 11.6 Å². The molecule has 0 saturated heterocycles. The van der Waals surface area contributed by atoms with Gasteiger partial charge in [-0.1, -0.05) is 22.0 Å². The predicted octanol–water partition coefficient (Wildman–Crippen LogP) is 0.577. The van der Waals surface area contributed by atoms with Crippen LogP contribution in [0.15, 0.2) is 22.7 Å². The van der Waals surface area contributed by atoms with Crippen molar-refractivity contribution in [1.29, 1.82) is 0 Å². The van der Waals surface area contributed by atoms with Crippen LogP contribution in [0.3, 0.4) is 0 Å². The minimum absolute atomic E-state index is 0.0189. The first-order valence-electron chi connectivity index (χ1n) is 4.79. The standard InChI is InChI=1S/C10H9BrN4O3/c11-5-1-2-6-7(3-5)15(18)10(14(13)4-16)8(6)9(12)17/h1-4,18H,13H2,(H2,12,17). The molecule has 0 saturated carbocycles. The number of fused-ring (bicyclic) bond motifs is 1. The van der Waals surface area contributed by atoms with Crippen molar-refractivity contribution in [3.8, 4) is 0 Å². The predicted molar refractivity (Wildman–Crippen MR) is 68.1 cm³/mol. The maximum absolute atomic E-state index is 11.4. The van der Waals surface area contributed by atoms with Gasteiger partial charge in [-0.25, -0.2) is 10.9 Å². The second-order valence-electron chi connectivity index (χ2n) is 3.55. The number of nitrogens with zero attached hydrogens (tertiary/aromatic N) is 2. The molecule has 7 nitrogen and oxygen atoms in total. The number of nitrogens with two attached hydrogens (primary N) is 2. The number of aromatic nitrogens is 1. The topological polar surface area (TPSA) is 115 Å². The zero-order valence-electron chi connectivity index (χ0n) is 9.00. The molecule has 0 radical (unpaired) electrons. The van der Waals surface area contributed by atoms with Crippen molar-refractivity contribution in [2.75, 3.05) is 5.01 Å². The second kappa shape index (κ2) is 4.31. The Morgan fingerprint density at radius 1 is 1.50 bits per heavy atom. The van der Waals surface area contributed by atoms with E-state index in [1.807, 2.05) is 0 Å². The number of anilines is 1. The van der Waals surface area contributed by atoms with Crippen LogP contribution >= 0.6 is 15.9 Å². The molecule has 0 fully saturated rings. The first-order chi connectivity index (χ1) is 8.47. The van der Waals surface area contributed by atoms with Gasteiger partial charge in [-0.2, -0.15) is 4.73 Å². The Labute approximate surface area is 110 Å². The molecular weight excluding hydrogens is 304 g/mol. The van der Waals surface area contributed by atoms with Crippen LogP contribution in [0.4, 0.5) is 5.82 Å². The number of amides is 2. The Kier molecular flexibility index (Phi) is 2.97. The molecule has 94 valence electrons. The van der Waals surface area contributed by atoms with Crippen molar-refractivity contribution < 1.29 is 14.8 Å². The minimum atomic E-state index is -0.789. The average molecular weight is 313 g/mol. The Morgan fingerprint density at radius 3 is 2.72 bits per heavy atom. The zero-order valence-corrected chi connectivity index (χ0v) is 10.6. The van der Waals surface area contributed by atoms with Crippen LogP contribution in [-0.2, 0) is 4.79 Å². The van der Waals surface area contributed by atoms with Gasteiger partial charge in [0.25, 0.3) is 5.91 Å². The number of primary amides is 1. The molecule has 0 atom stereocenters. The minimum Gasteiger partial charge on any atom is -0.426 e. The molecular formula is C10H9BrN4O3. The van der Waals surface area contributed by atoms with E-state index in [0.29, 0.717) is 25.1 Å². The molecule has 5 N–H and O–H groups in total. The second-order valence-corrected chi connectivity index (χ2v) is 4.46. The molecule has 8 heteroatoms. The van der Waals surface area contributed by atoms with Crippen LogP contribution in [0.2, 0.25) is 0 Å². The highest BCUT2D eigenvalue weighted by molar-refractivity contribution is 9.10. The molecule has 0 aliphatic rings. The van der Waals surface area contributed by atoms with Crippen LogP contribution < -0.4 is 16.6 Å². The quantitative estimate of drug-likeness (QED) is 0.253. The van der Waals surface area contributed by atoms with E-state index in [9.17, 15) is 14.8 Å². The molecule has 0 aliphatic heterocycles. The molecule has 2 aromatic rings. The fraction of sp³-hybridized carbons (Fsp3) is 0. The zero-order chi connectivity index (χ0) is 13.4. The molecule has 2 amide bonds. The van der Waals surface area contributed by atoms with E-state index in [4.69, 9.17) is 11.6 Å². The van der Waals surface area contributed by atoms with Gasteiger partial charge in [0, 0.05) is 9.86 Å². The van der Waals surface area contributed by atoms with Crippen LogP contribution in [0.5, 0.6) is 0 Å². The fourth-order valence-electron chi connectivity index (χ4n) is 1.76. The van der Waals surface area contributed by atoms with E-state index in [2.05, 4.69) is 15.9 Å². The summed E-state index contributed by atoms with van der Waals surface area (Å²) in [4.78, 5) is 22.1. The summed E-state index contributed by atoms with van der Waals surface area (Å²) in [6.45, 7) is 0. The number of halogens is 1. The van der Waals surface area contributed by atoms with Crippen molar-refractivity contribution in [2.45, 2.75) is 0 Å². The maximum Gasteiger partial charge on any atom is 0.253 e. The lowest BCUT2D eigenvalue weighted by molar-refractivity contribution is -0.107. The van der Waals surface area contributed by atoms with E-state index in [-0.39, 0.29) is 17.8 Å². The lowest BCUT2D eigenvalue weighted by atomic mass is 10.1. The Morgan fingerprint density at radius 2 is 2.17 bits per heavy atom. The molecule has 0 aliphatic carbocycles. The summed E-state index contributed by atoms with van der Waals surface area (Å²) < 4.78 is 1.34. The molecule has 2 rings (SSSR count). The largest absolute Gasteiger partial charge is 0.426 e. The highest BCUT2D eigenvalue weighted by Gasteiger charge is 2.24. The number of hydrogen-bond donors (Lipinski definition) is 3. The van der Waals surface area contributed by atoms with Crippen molar-refractivity contribution >= 4 is 45.0 Å². The van der Waals surface area contributed by atoms with Gasteiger partial charge in [0.05, 0.1) is 11.1 Å². The van der Waals surface area contributed by atoms with Crippen LogP contribution in [0, 0.1) is 0 Å². The highest BCUT2D eigenvalue weighted by atomic mass is 79.9. The third-order valence-electron chi connectivity index (χ3n) is 2.49. The first-order valence-corrected chi connectivity index (χ1v) is 5.59. The van der Waals surface area contributed by atoms with Crippen LogP contribution in [0.25, 0.3) is 10.9 Å². The highest BCUT2D eigenvalue weighted by Crippen LogP contribution is 2.31. The Bertz CT molecular complexity index is 652. The van der Waals surface area contributed by atoms with Crippen LogP contribution in [0.1, 0.15) is 10.4 Å². The van der Waals surface area contributed by atoms with Gasteiger partial charge < -0.3 is 10.9 Å². The van der Waals surface area contributed by atoms with Gasteiger partial charge in [-0.3, -0.25) is 9.59 Å². The van der Waals surface area contributed by atoms with Gasteiger partial charge in [0.2, 0.25) is 6.41 Å². The van der Waals surface area contributed by atoms with E-state index in [1.165, 1.54) is 0 Å². The lowest BCUT2D eigenvalue weighted by Crippen LogP contribution is -2.32. The van der Waals surface area contributed by atoms with Gasteiger partial charge >= 0.3 is 0 Å². The lowest BCUT2D eigenvalue weighted by Gasteiger charge is -2.11. The third kappa shape index (κ3) is 1.71. The third-order valence-corrected chi connectivity index (χ3v) is 2.98. The Balaban J connectivity index is 2.91. The van der Waals surface area contributed by atoms with E-state index >= 15 is 0 Å². The number of benzene rings is 1. The van der Waals surface area contributed by atoms with E-state index < -0.39 is 5.91 Å². The monoisotopic (exact) mass is 312 g/mol. The van der Waals surface area contributed by atoms with Gasteiger partial charge in [0.15, 0.2) is 5.82 Å². The van der Waals surface area contributed by atoms with Crippen molar-refractivity contribution in [1.82, 2.24) is 4.73 Å². The molecule has 0 bridgehead atoms. The average Bonchev–Trinajstić information content (AvgIpc) is 2.62. The molecule has 0 unspecified atom stereocenters. The number of carbonyl (C=O) groups is 2. The van der Waals surface area contributed by atoms with Gasteiger partial charge in [-0.15, -0.1) is 0 Å². The molecule has 1 aromatic heterocycles. The number of rotatable bonds is 3. The molecule has 0 spiro atoms. The Hall–Kier alpha value is -2.06. The summed E-state index contributed by atoms with van der Waals surface area (Å²) in [6.07, 6.45) is 0.266. The molecule has 1 heterocycles. The summed E-state index contributed by atoms with van der Waals surface area (Å²) in [7, 11) is 0. The SMILES string of the molecule is NC(=O)c1c(N(N)C=O)n(O)c2cc(Br)ccc12. The van der Waals surface area contributed by atoms with Crippen molar-refractivity contribution in [3.63, 3.8) is 0 Å². The smallest absolute Gasteiger partial charge is 0.253 e. The molecule has 1 aromatic carbocycles.